The van der Waals surface area contributed by atoms with Gasteiger partial charge < -0.3 is 34.7 Å². The molecule has 0 spiro atoms. The number of benzene rings is 4. The number of aryl methyl sites for hydroxylation is 2. The van der Waals surface area contributed by atoms with Crippen molar-refractivity contribution in [2.75, 3.05) is 13.1 Å². The van der Waals surface area contributed by atoms with Gasteiger partial charge in [0.2, 0.25) is 0 Å². The number of rotatable bonds is 13. The van der Waals surface area contributed by atoms with Crippen LogP contribution in [-0.4, -0.2) is 48.3 Å². The number of esters is 2. The summed E-state index contributed by atoms with van der Waals surface area (Å²) in [6.07, 6.45) is 0.647. The van der Waals surface area contributed by atoms with E-state index in [4.69, 9.17) is 29.4 Å². The van der Waals surface area contributed by atoms with Crippen LogP contribution >= 0.6 is 12.4 Å². The van der Waals surface area contributed by atoms with E-state index in [0.29, 0.717) is 6.42 Å². The van der Waals surface area contributed by atoms with E-state index >= 15 is 0 Å². The predicted molar refractivity (Wildman–Crippen MR) is 206 cm³/mol. The molecule has 1 amide bonds. The van der Waals surface area contributed by atoms with Gasteiger partial charge in [0.1, 0.15) is 12.1 Å². The van der Waals surface area contributed by atoms with Crippen molar-refractivity contribution in [3.05, 3.63) is 107 Å². The summed E-state index contributed by atoms with van der Waals surface area (Å²) < 4.78 is 55.1. The number of hydrogen-bond acceptors (Lipinski definition) is 11. The van der Waals surface area contributed by atoms with Gasteiger partial charge in [-0.05, 0) is 119 Å². The topological polar surface area (TPSA) is 170 Å². The summed E-state index contributed by atoms with van der Waals surface area (Å²) in [6, 6.07) is 17.7. The molecule has 0 aliphatic carbocycles. The molecule has 0 aliphatic heterocycles. The van der Waals surface area contributed by atoms with Crippen LogP contribution in [0.25, 0.3) is 0 Å². The molecule has 4 rings (SSSR count). The summed E-state index contributed by atoms with van der Waals surface area (Å²) in [7, 11) is 0. The molecule has 0 bridgehead atoms. The quantitative estimate of drug-likeness (QED) is 0.0756. The van der Waals surface area contributed by atoms with Gasteiger partial charge in [0, 0.05) is 11.1 Å². The maximum Gasteiger partial charge on any atom is 0.408 e. The van der Waals surface area contributed by atoms with Crippen molar-refractivity contribution in [1.82, 2.24) is 5.32 Å². The second-order valence-corrected chi connectivity index (χ2v) is 12.9. The van der Waals surface area contributed by atoms with Gasteiger partial charge in [-0.15, -0.1) is 12.4 Å². The van der Waals surface area contributed by atoms with Gasteiger partial charge in [-0.1, -0.05) is 26.0 Å². The number of carbonyl (C=O) groups excluding carboxylic acids is 5. The fraction of sp³-hybridized carbons (Fsp3) is 0.293. The van der Waals surface area contributed by atoms with Crippen LogP contribution in [0.15, 0.2) is 72.8 Å². The Morgan fingerprint density at radius 1 is 0.625 bits per heavy atom. The maximum absolute atomic E-state index is 14.3. The highest BCUT2D eigenvalue weighted by Crippen LogP contribution is 2.36. The third-order valence-electron chi connectivity index (χ3n) is 7.34. The molecular formula is C41H45ClF2N2O10. The van der Waals surface area contributed by atoms with Gasteiger partial charge in [-0.3, -0.25) is 14.4 Å². The number of ketones is 2. The van der Waals surface area contributed by atoms with Crippen molar-refractivity contribution < 1.29 is 56.4 Å². The van der Waals surface area contributed by atoms with E-state index in [1.54, 1.807) is 57.2 Å². The molecule has 4 aromatic rings. The lowest BCUT2D eigenvalue weighted by Crippen LogP contribution is -2.36. The molecule has 0 unspecified atom stereocenters. The molecule has 56 heavy (non-hydrogen) atoms. The molecule has 0 saturated carbocycles. The Labute approximate surface area is 330 Å². The fourth-order valence-electron chi connectivity index (χ4n) is 4.50. The third-order valence-corrected chi connectivity index (χ3v) is 7.34. The Morgan fingerprint density at radius 3 is 1.39 bits per heavy atom. The zero-order chi connectivity index (χ0) is 40.9. The Balaban J connectivity index is 0.000000392. The molecule has 0 aliphatic rings. The first kappa shape index (κ1) is 46.3. The van der Waals surface area contributed by atoms with Crippen molar-refractivity contribution in [1.29, 1.82) is 0 Å². The fourth-order valence-corrected chi connectivity index (χ4v) is 4.50. The van der Waals surface area contributed by atoms with E-state index in [2.05, 4.69) is 5.32 Å². The maximum atomic E-state index is 14.3. The number of hydrogen-bond donors (Lipinski definition) is 2. The van der Waals surface area contributed by atoms with Gasteiger partial charge in [-0.25, -0.2) is 18.4 Å². The van der Waals surface area contributed by atoms with Gasteiger partial charge >= 0.3 is 18.0 Å². The minimum Gasteiger partial charge on any atom is -0.450 e. The molecule has 300 valence electrons. The molecule has 0 aromatic heterocycles. The van der Waals surface area contributed by atoms with Gasteiger partial charge in [0.15, 0.2) is 57.7 Å². The summed E-state index contributed by atoms with van der Waals surface area (Å²) in [5.74, 6) is -2.97. The zero-order valence-electron chi connectivity index (χ0n) is 32.1. The minimum absolute atomic E-state index is 0. The van der Waals surface area contributed by atoms with Crippen LogP contribution < -0.4 is 30.0 Å². The van der Waals surface area contributed by atoms with Crippen molar-refractivity contribution >= 4 is 42.0 Å². The molecule has 0 heterocycles. The van der Waals surface area contributed by atoms with Gasteiger partial charge in [0.25, 0.3) is 0 Å². The third kappa shape index (κ3) is 14.4. The molecular weight excluding hydrogens is 754 g/mol. The van der Waals surface area contributed by atoms with Crippen LogP contribution in [-0.2, 0) is 27.2 Å². The van der Waals surface area contributed by atoms with E-state index in [1.807, 2.05) is 13.8 Å². The monoisotopic (exact) mass is 798 g/mol. The first-order valence-electron chi connectivity index (χ1n) is 17.2. The highest BCUT2D eigenvalue weighted by atomic mass is 35.5. The second-order valence-electron chi connectivity index (χ2n) is 12.9. The van der Waals surface area contributed by atoms with Crippen LogP contribution in [0.4, 0.5) is 13.6 Å². The molecule has 15 heteroatoms. The van der Waals surface area contributed by atoms with Crippen LogP contribution in [0.3, 0.4) is 0 Å². The van der Waals surface area contributed by atoms with Crippen LogP contribution in [0.1, 0.15) is 80.3 Å². The molecule has 3 N–H and O–H groups in total. The first-order chi connectivity index (χ1) is 25.9. The van der Waals surface area contributed by atoms with Crippen LogP contribution in [0.5, 0.6) is 34.5 Å². The van der Waals surface area contributed by atoms with Gasteiger partial charge in [0.05, 0.1) is 6.54 Å². The summed E-state index contributed by atoms with van der Waals surface area (Å²) in [6.45, 7) is 11.0. The lowest BCUT2D eigenvalue weighted by molar-refractivity contribution is -0.134. The average Bonchev–Trinajstić information content (AvgIpc) is 3.12. The van der Waals surface area contributed by atoms with Crippen molar-refractivity contribution in [3.63, 3.8) is 0 Å². The predicted octanol–water partition coefficient (Wildman–Crippen LogP) is 8.48. The summed E-state index contributed by atoms with van der Waals surface area (Å²) in [5.41, 5.74) is 6.80. The lowest BCUT2D eigenvalue weighted by atomic mass is 10.1. The van der Waals surface area contributed by atoms with Crippen molar-refractivity contribution in [2.45, 2.75) is 66.9 Å². The number of nitrogens with two attached hydrogens (primary N) is 1. The first-order valence-corrected chi connectivity index (χ1v) is 17.2. The summed E-state index contributed by atoms with van der Waals surface area (Å²) in [5, 5.41) is 2.31. The number of carbonyl (C=O) groups is 5. The average molecular weight is 799 g/mol. The Bertz CT molecular complexity index is 2050. The normalized spacial score (nSPS) is 10.5. The second kappa shape index (κ2) is 21.3. The van der Waals surface area contributed by atoms with E-state index in [-0.39, 0.29) is 76.1 Å². The zero-order valence-corrected chi connectivity index (χ0v) is 32.9. The van der Waals surface area contributed by atoms with Gasteiger partial charge in [-0.2, -0.15) is 0 Å². The van der Waals surface area contributed by atoms with Crippen molar-refractivity contribution in [3.8, 4) is 34.5 Å². The highest BCUT2D eigenvalue weighted by molar-refractivity contribution is 5.94. The van der Waals surface area contributed by atoms with E-state index in [0.717, 1.165) is 29.7 Å². The van der Waals surface area contributed by atoms with Crippen molar-refractivity contribution in [2.24, 2.45) is 5.73 Å². The largest absolute Gasteiger partial charge is 0.450 e. The molecule has 0 atom stereocenters. The lowest BCUT2D eigenvalue weighted by Gasteiger charge is -2.19. The number of amides is 1. The van der Waals surface area contributed by atoms with E-state index in [1.165, 1.54) is 38.1 Å². The van der Waals surface area contributed by atoms with Crippen LogP contribution in [0.2, 0.25) is 0 Å². The van der Waals surface area contributed by atoms with Crippen LogP contribution in [0, 0.1) is 11.6 Å². The Hall–Kier alpha value is -5.86. The number of ether oxygens (including phenoxy) is 5. The molecule has 12 nitrogen and oxygen atoms in total. The highest BCUT2D eigenvalue weighted by Gasteiger charge is 2.19. The molecule has 0 fully saturated rings. The minimum atomic E-state index is -0.754. The standard InChI is InChI=1S/C23H26FNO6.C18H18FNO4.ClH/c1-6-15-7-9-19(29-18-10-8-16(14(2)26)12-17(18)24)20(11-15)30-21(27)13-25-22(28)31-23(3,4)5;1-3-12-4-6-16(17(8-12)24-18(22)10-20)23-15-7-5-13(11(2)21)9-14(15)19;/h7-12H,6,13H2,1-5H3,(H,25,28);4-9H,3,10,20H2,1-2H3;1H. The molecule has 0 saturated heterocycles. The summed E-state index contributed by atoms with van der Waals surface area (Å²) >= 11 is 0. The Kier molecular flexibility index (Phi) is 17.6. The number of Topliss-reactive ketones (excluding diaryl/α,β-unsaturated/α-hetero) is 2. The van der Waals surface area contributed by atoms with E-state index < -0.39 is 41.8 Å². The van der Waals surface area contributed by atoms with E-state index in [9.17, 15) is 32.8 Å². The molecule has 0 radical (unpaired) electrons. The molecule has 4 aromatic carbocycles. The number of alkyl carbamates (subject to hydrolysis) is 1. The SMILES string of the molecule is CCc1ccc(Oc2ccc(C(C)=O)cc2F)c(OC(=O)CN)c1.CCc1ccc(Oc2ccc(C(C)=O)cc2F)c(OC(=O)CNC(=O)OC(C)(C)C)c1.Cl. The Morgan fingerprint density at radius 2 is 1.04 bits per heavy atom. The summed E-state index contributed by atoms with van der Waals surface area (Å²) in [4.78, 5) is 58.0. The number of halogens is 3. The number of nitrogens with one attached hydrogen (secondary N) is 1. The smallest absolute Gasteiger partial charge is 0.408 e.